The molecule has 0 radical (unpaired) electrons. The highest BCUT2D eigenvalue weighted by atomic mass is 16.5. The first kappa shape index (κ1) is 12.4. The third-order valence-electron chi connectivity index (χ3n) is 1.99. The van der Waals surface area contributed by atoms with Crippen LogP contribution in [0.4, 0.5) is 0 Å². The molecule has 5 heteroatoms. The molecule has 0 spiro atoms. The Labute approximate surface area is 94.1 Å². The van der Waals surface area contributed by atoms with Crippen molar-refractivity contribution in [3.8, 4) is 0 Å². The number of hydrogen-bond donors (Lipinski definition) is 0. The van der Waals surface area contributed by atoms with E-state index in [2.05, 4.69) is 9.73 Å². The molecule has 16 heavy (non-hydrogen) atoms. The Morgan fingerprint density at radius 1 is 1.50 bits per heavy atom. The number of dihydropyridines is 1. The van der Waals surface area contributed by atoms with Crippen molar-refractivity contribution in [1.82, 2.24) is 0 Å². The van der Waals surface area contributed by atoms with Crippen molar-refractivity contribution in [1.29, 1.82) is 0 Å². The van der Waals surface area contributed by atoms with Crippen LogP contribution in [0.2, 0.25) is 0 Å². The number of aliphatic imine (C=N–C) groups is 1. The summed E-state index contributed by atoms with van der Waals surface area (Å²) in [5.74, 6) is -1.36. The summed E-state index contributed by atoms with van der Waals surface area (Å²) in [5, 5.41) is 0. The summed E-state index contributed by atoms with van der Waals surface area (Å²) in [6, 6.07) is 0. The Morgan fingerprint density at radius 3 is 2.75 bits per heavy atom. The van der Waals surface area contributed by atoms with Crippen molar-refractivity contribution in [3.63, 3.8) is 0 Å². The quantitative estimate of drug-likeness (QED) is 0.664. The zero-order chi connectivity index (χ0) is 12.1. The molecule has 1 aliphatic heterocycles. The molecule has 0 saturated heterocycles. The van der Waals surface area contributed by atoms with Gasteiger partial charge in [0.25, 0.3) is 0 Å². The SMILES string of the molecule is COC(=O)C1=CC(C(=O)OC(C)C)CN=C1. The van der Waals surface area contributed by atoms with Crippen LogP contribution in [-0.2, 0) is 19.1 Å². The maximum Gasteiger partial charge on any atom is 0.339 e. The van der Waals surface area contributed by atoms with Crippen LogP contribution < -0.4 is 0 Å². The standard InChI is InChI=1S/C11H15NO4/c1-7(2)16-11(14)9-4-8(5-12-6-9)10(13)15-3/h4-5,7,9H,6H2,1-3H3. The highest BCUT2D eigenvalue weighted by molar-refractivity contribution is 6.10. The lowest BCUT2D eigenvalue weighted by Crippen LogP contribution is -2.25. The summed E-state index contributed by atoms with van der Waals surface area (Å²) < 4.78 is 9.59. The monoisotopic (exact) mass is 225 g/mol. The normalized spacial score (nSPS) is 19.2. The van der Waals surface area contributed by atoms with E-state index in [-0.39, 0.29) is 12.1 Å². The summed E-state index contributed by atoms with van der Waals surface area (Å²) >= 11 is 0. The minimum Gasteiger partial charge on any atom is -0.465 e. The molecular formula is C11H15NO4. The van der Waals surface area contributed by atoms with Gasteiger partial charge in [-0.2, -0.15) is 0 Å². The van der Waals surface area contributed by atoms with Crippen LogP contribution >= 0.6 is 0 Å². The van der Waals surface area contributed by atoms with Gasteiger partial charge in [0, 0.05) is 6.21 Å². The van der Waals surface area contributed by atoms with E-state index in [9.17, 15) is 9.59 Å². The smallest absolute Gasteiger partial charge is 0.339 e. The summed E-state index contributed by atoms with van der Waals surface area (Å²) in [4.78, 5) is 26.7. The second kappa shape index (κ2) is 5.44. The summed E-state index contributed by atoms with van der Waals surface area (Å²) in [5.41, 5.74) is 0.291. The van der Waals surface area contributed by atoms with Gasteiger partial charge in [-0.3, -0.25) is 9.79 Å². The van der Waals surface area contributed by atoms with E-state index in [1.165, 1.54) is 19.4 Å². The molecule has 1 atom stereocenters. The molecule has 1 rings (SSSR count). The fourth-order valence-corrected chi connectivity index (χ4v) is 1.28. The van der Waals surface area contributed by atoms with Crippen LogP contribution in [0.5, 0.6) is 0 Å². The van der Waals surface area contributed by atoms with Crippen LogP contribution in [0.25, 0.3) is 0 Å². The fraction of sp³-hybridized carbons (Fsp3) is 0.545. The molecule has 0 N–H and O–H groups in total. The molecule has 1 aliphatic rings. The van der Waals surface area contributed by atoms with Crippen molar-refractivity contribution < 1.29 is 19.1 Å². The molecule has 0 amide bonds. The maximum atomic E-state index is 11.6. The Bertz CT molecular complexity index is 344. The Hall–Kier alpha value is -1.65. The molecule has 1 heterocycles. The first-order valence-corrected chi connectivity index (χ1v) is 5.05. The summed E-state index contributed by atoms with van der Waals surface area (Å²) in [7, 11) is 1.28. The van der Waals surface area contributed by atoms with Crippen LogP contribution in [0.3, 0.4) is 0 Å². The van der Waals surface area contributed by atoms with Gasteiger partial charge in [-0.15, -0.1) is 0 Å². The van der Waals surface area contributed by atoms with Gasteiger partial charge in [0.05, 0.1) is 31.2 Å². The van der Waals surface area contributed by atoms with Crippen LogP contribution in [0.15, 0.2) is 16.6 Å². The van der Waals surface area contributed by atoms with Gasteiger partial charge < -0.3 is 9.47 Å². The van der Waals surface area contributed by atoms with Gasteiger partial charge >= 0.3 is 11.9 Å². The van der Waals surface area contributed by atoms with E-state index in [1.54, 1.807) is 13.8 Å². The van der Waals surface area contributed by atoms with Crippen LogP contribution in [0.1, 0.15) is 13.8 Å². The Kier molecular flexibility index (Phi) is 4.22. The Balaban J connectivity index is 2.71. The fourth-order valence-electron chi connectivity index (χ4n) is 1.28. The van der Waals surface area contributed by atoms with Crippen molar-refractivity contribution in [3.05, 3.63) is 11.6 Å². The van der Waals surface area contributed by atoms with E-state index in [4.69, 9.17) is 4.74 Å². The molecule has 5 nitrogen and oxygen atoms in total. The second-order valence-electron chi connectivity index (χ2n) is 3.70. The first-order valence-electron chi connectivity index (χ1n) is 5.05. The number of rotatable bonds is 3. The van der Waals surface area contributed by atoms with Gasteiger partial charge in [0.2, 0.25) is 0 Å². The van der Waals surface area contributed by atoms with E-state index < -0.39 is 11.9 Å². The van der Waals surface area contributed by atoms with Gasteiger partial charge in [-0.1, -0.05) is 6.08 Å². The molecular weight excluding hydrogens is 210 g/mol. The van der Waals surface area contributed by atoms with Gasteiger partial charge in [0.15, 0.2) is 0 Å². The average molecular weight is 225 g/mol. The molecule has 88 valence electrons. The number of nitrogens with zero attached hydrogens (tertiary/aromatic N) is 1. The lowest BCUT2D eigenvalue weighted by molar-refractivity contribution is -0.150. The molecule has 0 saturated carbocycles. The number of esters is 2. The predicted octanol–water partition coefficient (Wildman–Crippen LogP) is 0.738. The third kappa shape index (κ3) is 3.18. The molecule has 0 aliphatic carbocycles. The van der Waals surface area contributed by atoms with Crippen LogP contribution in [0, 0.1) is 5.92 Å². The lowest BCUT2D eigenvalue weighted by Gasteiger charge is -2.16. The lowest BCUT2D eigenvalue weighted by atomic mass is 10.0. The molecule has 0 fully saturated rings. The maximum absolute atomic E-state index is 11.6. The van der Waals surface area contributed by atoms with Crippen molar-refractivity contribution in [2.45, 2.75) is 20.0 Å². The number of ether oxygens (including phenoxy) is 2. The van der Waals surface area contributed by atoms with Crippen LogP contribution in [-0.4, -0.2) is 37.9 Å². The Morgan fingerprint density at radius 2 is 2.19 bits per heavy atom. The number of carbonyl (C=O) groups excluding carboxylic acids is 2. The largest absolute Gasteiger partial charge is 0.465 e. The number of methoxy groups -OCH3 is 1. The third-order valence-corrected chi connectivity index (χ3v) is 1.99. The topological polar surface area (TPSA) is 65.0 Å². The summed E-state index contributed by atoms with van der Waals surface area (Å²) in [6.07, 6.45) is 2.77. The van der Waals surface area contributed by atoms with Crippen molar-refractivity contribution >= 4 is 18.2 Å². The average Bonchev–Trinajstić information content (AvgIpc) is 2.27. The molecule has 0 aromatic heterocycles. The minimum absolute atomic E-state index is 0.173. The zero-order valence-corrected chi connectivity index (χ0v) is 9.60. The minimum atomic E-state index is -0.499. The van der Waals surface area contributed by atoms with Gasteiger partial charge in [0.1, 0.15) is 0 Å². The van der Waals surface area contributed by atoms with E-state index in [1.807, 2.05) is 0 Å². The molecule has 1 unspecified atom stereocenters. The highest BCUT2D eigenvalue weighted by Crippen LogP contribution is 2.13. The second-order valence-corrected chi connectivity index (χ2v) is 3.70. The molecule has 0 aromatic carbocycles. The molecule has 0 bridgehead atoms. The van der Waals surface area contributed by atoms with E-state index in [0.717, 1.165) is 0 Å². The van der Waals surface area contributed by atoms with Gasteiger partial charge in [-0.05, 0) is 13.8 Å². The molecule has 0 aromatic rings. The first-order chi connectivity index (χ1) is 7.54. The van der Waals surface area contributed by atoms with E-state index >= 15 is 0 Å². The summed E-state index contributed by atoms with van der Waals surface area (Å²) in [6.45, 7) is 3.86. The zero-order valence-electron chi connectivity index (χ0n) is 9.60. The highest BCUT2D eigenvalue weighted by Gasteiger charge is 2.23. The van der Waals surface area contributed by atoms with Crippen molar-refractivity contribution in [2.24, 2.45) is 10.9 Å². The van der Waals surface area contributed by atoms with Crippen molar-refractivity contribution in [2.75, 3.05) is 13.7 Å². The van der Waals surface area contributed by atoms with Gasteiger partial charge in [-0.25, -0.2) is 4.79 Å². The predicted molar refractivity (Wildman–Crippen MR) is 58.2 cm³/mol. The van der Waals surface area contributed by atoms with E-state index in [0.29, 0.717) is 12.1 Å². The number of hydrogen-bond acceptors (Lipinski definition) is 5. The number of carbonyl (C=O) groups is 2.